The van der Waals surface area contributed by atoms with E-state index in [0.717, 1.165) is 16.9 Å². The Kier molecular flexibility index (Phi) is 7.11. The van der Waals surface area contributed by atoms with Crippen molar-refractivity contribution in [2.24, 2.45) is 5.92 Å². The maximum atomic E-state index is 13.2. The quantitative estimate of drug-likeness (QED) is 0.536. The Hall–Kier alpha value is -3.87. The molecule has 2 N–H and O–H groups in total. The van der Waals surface area contributed by atoms with E-state index in [-0.39, 0.29) is 11.8 Å². The maximum absolute atomic E-state index is 13.2. The molecular weight excluding hydrogens is 430 g/mol. The van der Waals surface area contributed by atoms with Gasteiger partial charge < -0.3 is 20.1 Å². The zero-order chi connectivity index (χ0) is 24.1. The molecule has 2 heterocycles. The van der Waals surface area contributed by atoms with Gasteiger partial charge in [0.25, 0.3) is 5.91 Å². The minimum absolute atomic E-state index is 0.146. The van der Waals surface area contributed by atoms with Crippen molar-refractivity contribution in [3.63, 3.8) is 0 Å². The summed E-state index contributed by atoms with van der Waals surface area (Å²) in [6, 6.07) is 17.7. The zero-order valence-electron chi connectivity index (χ0n) is 19.5. The van der Waals surface area contributed by atoms with E-state index in [1.807, 2.05) is 30.3 Å². The van der Waals surface area contributed by atoms with Crippen LogP contribution in [0.25, 0.3) is 11.1 Å². The number of nitrogens with zero attached hydrogens (tertiary/aromatic N) is 2. The number of carboxylic acids is 1. The standard InChI is InChI=1S/C27H29N3O4/c1-18-4-3-5-19(14-18)16-28-25-9-7-22(17-29-25)21-6-8-24(34-2)23(15-21)26(31)30-12-10-20(11-13-30)27(32)33/h3-9,14-15,17,20H,10-13,16H2,1-2H3,(H,28,29)(H,32,33). The summed E-state index contributed by atoms with van der Waals surface area (Å²) in [5.41, 5.74) is 4.63. The average Bonchev–Trinajstić information content (AvgIpc) is 2.87. The summed E-state index contributed by atoms with van der Waals surface area (Å²) >= 11 is 0. The first kappa shape index (κ1) is 23.3. The summed E-state index contributed by atoms with van der Waals surface area (Å²) in [7, 11) is 1.54. The van der Waals surface area contributed by atoms with Crippen LogP contribution < -0.4 is 10.1 Å². The van der Waals surface area contributed by atoms with E-state index in [1.165, 1.54) is 11.1 Å². The molecule has 1 amide bonds. The van der Waals surface area contributed by atoms with Crippen molar-refractivity contribution >= 4 is 17.7 Å². The Bertz CT molecular complexity index is 1170. The Balaban J connectivity index is 1.47. The Morgan fingerprint density at radius 3 is 2.50 bits per heavy atom. The first-order chi connectivity index (χ1) is 16.4. The molecule has 2 aromatic carbocycles. The van der Waals surface area contributed by atoms with Crippen molar-refractivity contribution in [1.82, 2.24) is 9.88 Å². The molecule has 0 unspecified atom stereocenters. The number of amides is 1. The molecule has 0 spiro atoms. The number of aryl methyl sites for hydroxylation is 1. The van der Waals surface area contributed by atoms with Gasteiger partial charge in [-0.15, -0.1) is 0 Å². The number of piperidine rings is 1. The Labute approximate surface area is 199 Å². The third kappa shape index (κ3) is 5.36. The molecule has 176 valence electrons. The summed E-state index contributed by atoms with van der Waals surface area (Å²) in [6.45, 7) is 3.61. The predicted octanol–water partition coefficient (Wildman–Crippen LogP) is 4.61. The molecule has 0 saturated carbocycles. The van der Waals surface area contributed by atoms with Gasteiger partial charge in [0.1, 0.15) is 11.6 Å². The first-order valence-corrected chi connectivity index (χ1v) is 11.4. The summed E-state index contributed by atoms with van der Waals surface area (Å²) in [5, 5.41) is 12.5. The number of carboxylic acid groups (broad SMARTS) is 1. The summed E-state index contributed by atoms with van der Waals surface area (Å²) < 4.78 is 5.44. The molecule has 3 aromatic rings. The van der Waals surface area contributed by atoms with Crippen molar-refractivity contribution in [2.45, 2.75) is 26.3 Å². The molecule has 1 aromatic heterocycles. The lowest BCUT2D eigenvalue weighted by atomic mass is 9.96. The fourth-order valence-corrected chi connectivity index (χ4v) is 4.24. The molecule has 0 radical (unpaired) electrons. The lowest BCUT2D eigenvalue weighted by Gasteiger charge is -2.30. The third-order valence-corrected chi connectivity index (χ3v) is 6.21. The fraction of sp³-hybridized carbons (Fsp3) is 0.296. The molecule has 7 nitrogen and oxygen atoms in total. The molecule has 1 saturated heterocycles. The van der Waals surface area contributed by atoms with E-state index in [0.29, 0.717) is 43.8 Å². The molecule has 0 atom stereocenters. The van der Waals surface area contributed by atoms with Crippen LogP contribution in [0, 0.1) is 12.8 Å². The van der Waals surface area contributed by atoms with Gasteiger partial charge in [-0.05, 0) is 55.2 Å². The average molecular weight is 460 g/mol. The second-order valence-corrected chi connectivity index (χ2v) is 8.59. The highest BCUT2D eigenvalue weighted by Crippen LogP contribution is 2.29. The summed E-state index contributed by atoms with van der Waals surface area (Å²) in [4.78, 5) is 30.7. The molecule has 4 rings (SSSR count). The van der Waals surface area contributed by atoms with Crippen LogP contribution in [0.15, 0.2) is 60.8 Å². The van der Waals surface area contributed by atoms with E-state index >= 15 is 0 Å². The number of pyridine rings is 1. The number of nitrogens with one attached hydrogen (secondary N) is 1. The predicted molar refractivity (Wildman–Crippen MR) is 131 cm³/mol. The minimum atomic E-state index is -0.795. The van der Waals surface area contributed by atoms with E-state index < -0.39 is 5.97 Å². The van der Waals surface area contributed by atoms with Crippen molar-refractivity contribution in [3.8, 4) is 16.9 Å². The van der Waals surface area contributed by atoms with Crippen LogP contribution in [0.4, 0.5) is 5.82 Å². The van der Waals surface area contributed by atoms with Crippen molar-refractivity contribution in [2.75, 3.05) is 25.5 Å². The van der Waals surface area contributed by atoms with Crippen LogP contribution in [0.3, 0.4) is 0 Å². The van der Waals surface area contributed by atoms with Crippen LogP contribution in [0.2, 0.25) is 0 Å². The second kappa shape index (κ2) is 10.4. The van der Waals surface area contributed by atoms with Gasteiger partial charge in [-0.2, -0.15) is 0 Å². The van der Waals surface area contributed by atoms with E-state index in [2.05, 4.69) is 35.4 Å². The van der Waals surface area contributed by atoms with Gasteiger partial charge in [-0.3, -0.25) is 9.59 Å². The molecule has 1 aliphatic heterocycles. The second-order valence-electron chi connectivity index (χ2n) is 8.59. The number of ether oxygens (including phenoxy) is 1. The molecule has 1 fully saturated rings. The zero-order valence-corrected chi connectivity index (χ0v) is 19.5. The molecular formula is C27H29N3O4. The van der Waals surface area contributed by atoms with Crippen molar-refractivity contribution in [1.29, 1.82) is 0 Å². The molecule has 34 heavy (non-hydrogen) atoms. The van der Waals surface area contributed by atoms with Gasteiger partial charge in [-0.1, -0.05) is 35.9 Å². The SMILES string of the molecule is COc1ccc(-c2ccc(NCc3cccc(C)c3)nc2)cc1C(=O)N1CCC(C(=O)O)CC1. The van der Waals surface area contributed by atoms with E-state index in [9.17, 15) is 14.7 Å². The van der Waals surface area contributed by atoms with E-state index in [4.69, 9.17) is 4.74 Å². The lowest BCUT2D eigenvalue weighted by Crippen LogP contribution is -2.40. The maximum Gasteiger partial charge on any atom is 0.306 e. The largest absolute Gasteiger partial charge is 0.496 e. The number of hydrogen-bond donors (Lipinski definition) is 2. The summed E-state index contributed by atoms with van der Waals surface area (Å²) in [6.07, 6.45) is 2.71. The topological polar surface area (TPSA) is 91.8 Å². The molecule has 0 bridgehead atoms. The number of carbonyl (C=O) groups excluding carboxylic acids is 1. The van der Waals surface area contributed by atoms with E-state index in [1.54, 1.807) is 24.3 Å². The van der Waals surface area contributed by atoms with Gasteiger partial charge in [0.15, 0.2) is 0 Å². The van der Waals surface area contributed by atoms with Crippen molar-refractivity contribution < 1.29 is 19.4 Å². The number of anilines is 1. The monoisotopic (exact) mass is 459 g/mol. The smallest absolute Gasteiger partial charge is 0.306 e. The highest BCUT2D eigenvalue weighted by atomic mass is 16.5. The summed E-state index contributed by atoms with van der Waals surface area (Å²) in [5.74, 6) is -0.0563. The van der Waals surface area contributed by atoms with Crippen LogP contribution in [-0.2, 0) is 11.3 Å². The number of rotatable bonds is 7. The number of benzene rings is 2. The number of aromatic nitrogens is 1. The van der Waals surface area contributed by atoms with Gasteiger partial charge >= 0.3 is 5.97 Å². The molecule has 7 heteroatoms. The highest BCUT2D eigenvalue weighted by molar-refractivity contribution is 5.98. The van der Waals surface area contributed by atoms with Crippen molar-refractivity contribution in [3.05, 3.63) is 77.5 Å². The number of methoxy groups -OCH3 is 1. The van der Waals surface area contributed by atoms with Crippen LogP contribution in [-0.4, -0.2) is 47.1 Å². The minimum Gasteiger partial charge on any atom is -0.496 e. The van der Waals surface area contributed by atoms with Crippen LogP contribution in [0.5, 0.6) is 5.75 Å². The Morgan fingerprint density at radius 2 is 1.85 bits per heavy atom. The van der Waals surface area contributed by atoms with Gasteiger partial charge in [-0.25, -0.2) is 4.98 Å². The number of hydrogen-bond acceptors (Lipinski definition) is 5. The fourth-order valence-electron chi connectivity index (χ4n) is 4.24. The number of aliphatic carboxylic acids is 1. The van der Waals surface area contributed by atoms with Gasteiger partial charge in [0.2, 0.25) is 0 Å². The Morgan fingerprint density at radius 1 is 1.09 bits per heavy atom. The number of carbonyl (C=O) groups is 2. The first-order valence-electron chi connectivity index (χ1n) is 11.4. The normalized spacial score (nSPS) is 14.0. The highest BCUT2D eigenvalue weighted by Gasteiger charge is 2.28. The lowest BCUT2D eigenvalue weighted by molar-refractivity contribution is -0.143. The van der Waals surface area contributed by atoms with Crippen LogP contribution in [0.1, 0.15) is 34.3 Å². The number of likely N-dealkylation sites (tertiary alicyclic amines) is 1. The van der Waals surface area contributed by atoms with Gasteiger partial charge in [0.05, 0.1) is 18.6 Å². The molecule has 0 aliphatic carbocycles. The third-order valence-electron chi connectivity index (χ3n) is 6.21. The molecule has 1 aliphatic rings. The van der Waals surface area contributed by atoms with Crippen LogP contribution >= 0.6 is 0 Å². The van der Waals surface area contributed by atoms with Gasteiger partial charge in [0, 0.05) is 31.4 Å².